The minimum atomic E-state index is 0.730. The fourth-order valence-corrected chi connectivity index (χ4v) is 3.16. The minimum Gasteiger partial charge on any atom is -0.441 e. The van der Waals surface area contributed by atoms with E-state index in [1.807, 2.05) is 13.0 Å². The Hall–Kier alpha value is -1.51. The fourth-order valence-electron chi connectivity index (χ4n) is 3.16. The largest absolute Gasteiger partial charge is 0.441 e. The number of aryl methyl sites for hydroxylation is 1. The predicted octanol–water partition coefficient (Wildman–Crippen LogP) is 4.37. The van der Waals surface area contributed by atoms with Gasteiger partial charge in [0.05, 0.1) is 0 Å². The number of nitrogens with one attached hydrogen (secondary N) is 1. The topological polar surface area (TPSA) is 38.1 Å². The van der Waals surface area contributed by atoms with Crippen LogP contribution >= 0.6 is 0 Å². The Morgan fingerprint density at radius 3 is 3.11 bits per heavy atom. The molecule has 0 amide bonds. The first kappa shape index (κ1) is 12.5. The molecular weight excluding hydrogens is 236 g/mol. The van der Waals surface area contributed by atoms with E-state index in [2.05, 4.69) is 29.4 Å². The van der Waals surface area contributed by atoms with E-state index in [0.717, 1.165) is 41.1 Å². The van der Waals surface area contributed by atoms with Gasteiger partial charge in [0, 0.05) is 19.2 Å². The first-order chi connectivity index (χ1) is 9.20. The summed E-state index contributed by atoms with van der Waals surface area (Å²) in [7, 11) is 0. The van der Waals surface area contributed by atoms with Crippen molar-refractivity contribution in [1.29, 1.82) is 0 Å². The van der Waals surface area contributed by atoms with Crippen LogP contribution in [0, 0.1) is 18.8 Å². The van der Waals surface area contributed by atoms with Crippen molar-refractivity contribution in [1.82, 2.24) is 4.98 Å². The first-order valence-electron chi connectivity index (χ1n) is 7.32. The van der Waals surface area contributed by atoms with Crippen molar-refractivity contribution in [3.05, 3.63) is 24.1 Å². The zero-order valence-electron chi connectivity index (χ0n) is 11.8. The van der Waals surface area contributed by atoms with Gasteiger partial charge >= 0.3 is 0 Å². The lowest BCUT2D eigenvalue weighted by Gasteiger charge is -2.27. The highest BCUT2D eigenvalue weighted by atomic mass is 16.3. The monoisotopic (exact) mass is 258 g/mol. The summed E-state index contributed by atoms with van der Waals surface area (Å²) in [4.78, 5) is 4.37. The SMILES string of the molecule is Cc1nc2cc(NCC3CCCC(C)C3)ccc2o1. The van der Waals surface area contributed by atoms with Crippen molar-refractivity contribution >= 4 is 16.8 Å². The smallest absolute Gasteiger partial charge is 0.192 e. The van der Waals surface area contributed by atoms with Gasteiger partial charge in [-0.3, -0.25) is 0 Å². The van der Waals surface area contributed by atoms with Gasteiger partial charge in [-0.2, -0.15) is 0 Å². The molecule has 1 saturated carbocycles. The summed E-state index contributed by atoms with van der Waals surface area (Å²) in [6, 6.07) is 6.17. The molecule has 0 aliphatic heterocycles. The Kier molecular flexibility index (Phi) is 3.45. The van der Waals surface area contributed by atoms with Gasteiger partial charge in [-0.25, -0.2) is 4.98 Å². The Balaban J connectivity index is 1.64. The number of hydrogen-bond donors (Lipinski definition) is 1. The van der Waals surface area contributed by atoms with Crippen molar-refractivity contribution in [2.45, 2.75) is 39.5 Å². The van der Waals surface area contributed by atoms with E-state index < -0.39 is 0 Å². The molecule has 2 atom stereocenters. The van der Waals surface area contributed by atoms with Crippen LogP contribution in [-0.4, -0.2) is 11.5 Å². The summed E-state index contributed by atoms with van der Waals surface area (Å²) in [6.07, 6.45) is 5.51. The number of fused-ring (bicyclic) bond motifs is 1. The molecular formula is C16H22N2O. The summed E-state index contributed by atoms with van der Waals surface area (Å²) in [5, 5.41) is 3.55. The van der Waals surface area contributed by atoms with Gasteiger partial charge in [-0.15, -0.1) is 0 Å². The Morgan fingerprint density at radius 2 is 2.26 bits per heavy atom. The highest BCUT2D eigenvalue weighted by molar-refractivity contribution is 5.77. The number of hydrogen-bond acceptors (Lipinski definition) is 3. The lowest BCUT2D eigenvalue weighted by atomic mass is 9.82. The van der Waals surface area contributed by atoms with E-state index in [1.54, 1.807) is 0 Å². The maximum atomic E-state index is 5.49. The summed E-state index contributed by atoms with van der Waals surface area (Å²) in [5.74, 6) is 2.44. The summed E-state index contributed by atoms with van der Waals surface area (Å²) in [5.41, 5.74) is 2.97. The second kappa shape index (κ2) is 5.24. The van der Waals surface area contributed by atoms with E-state index in [0.29, 0.717) is 0 Å². The predicted molar refractivity (Wildman–Crippen MR) is 78.4 cm³/mol. The molecule has 3 nitrogen and oxygen atoms in total. The third-order valence-corrected chi connectivity index (χ3v) is 4.13. The van der Waals surface area contributed by atoms with Crippen molar-refractivity contribution in [3.63, 3.8) is 0 Å². The molecule has 0 bridgehead atoms. The minimum absolute atomic E-state index is 0.730. The molecule has 102 valence electrons. The molecule has 19 heavy (non-hydrogen) atoms. The molecule has 1 heterocycles. The van der Waals surface area contributed by atoms with E-state index in [-0.39, 0.29) is 0 Å². The van der Waals surface area contributed by atoms with Gasteiger partial charge < -0.3 is 9.73 Å². The van der Waals surface area contributed by atoms with Crippen LogP contribution in [0.4, 0.5) is 5.69 Å². The molecule has 2 aromatic rings. The fraction of sp³-hybridized carbons (Fsp3) is 0.562. The molecule has 2 unspecified atom stereocenters. The molecule has 1 fully saturated rings. The number of oxazole rings is 1. The number of aromatic nitrogens is 1. The second-order valence-corrected chi connectivity index (χ2v) is 5.93. The van der Waals surface area contributed by atoms with E-state index in [4.69, 9.17) is 4.42 Å². The van der Waals surface area contributed by atoms with E-state index in [1.165, 1.54) is 25.7 Å². The van der Waals surface area contributed by atoms with Crippen molar-refractivity contribution < 1.29 is 4.42 Å². The molecule has 1 aliphatic rings. The summed E-state index contributed by atoms with van der Waals surface area (Å²) >= 11 is 0. The Bertz CT molecular complexity index is 561. The molecule has 1 aromatic heterocycles. The molecule has 1 aliphatic carbocycles. The molecule has 1 aromatic carbocycles. The highest BCUT2D eigenvalue weighted by Gasteiger charge is 2.18. The normalized spacial score (nSPS) is 23.7. The molecule has 0 spiro atoms. The van der Waals surface area contributed by atoms with Crippen LogP contribution in [0.5, 0.6) is 0 Å². The number of anilines is 1. The van der Waals surface area contributed by atoms with E-state index >= 15 is 0 Å². The van der Waals surface area contributed by atoms with Gasteiger partial charge in [0.15, 0.2) is 11.5 Å². The highest BCUT2D eigenvalue weighted by Crippen LogP contribution is 2.29. The molecule has 1 N–H and O–H groups in total. The van der Waals surface area contributed by atoms with Crippen molar-refractivity contribution in [3.8, 4) is 0 Å². The molecule has 3 rings (SSSR count). The Morgan fingerprint density at radius 1 is 1.37 bits per heavy atom. The zero-order valence-corrected chi connectivity index (χ0v) is 11.8. The van der Waals surface area contributed by atoms with Crippen molar-refractivity contribution in [2.24, 2.45) is 11.8 Å². The molecule has 0 radical (unpaired) electrons. The first-order valence-corrected chi connectivity index (χ1v) is 7.32. The van der Waals surface area contributed by atoms with Gasteiger partial charge in [0.1, 0.15) is 5.52 Å². The lowest BCUT2D eigenvalue weighted by Crippen LogP contribution is -2.20. The van der Waals surface area contributed by atoms with Crippen LogP contribution < -0.4 is 5.32 Å². The van der Waals surface area contributed by atoms with E-state index in [9.17, 15) is 0 Å². The lowest BCUT2D eigenvalue weighted by molar-refractivity contribution is 0.293. The van der Waals surface area contributed by atoms with Crippen LogP contribution in [0.3, 0.4) is 0 Å². The third-order valence-electron chi connectivity index (χ3n) is 4.13. The average Bonchev–Trinajstić information content (AvgIpc) is 2.75. The number of nitrogens with zero attached hydrogens (tertiary/aromatic N) is 1. The molecule has 3 heteroatoms. The van der Waals surface area contributed by atoms with Gasteiger partial charge in [0.2, 0.25) is 0 Å². The maximum absolute atomic E-state index is 5.49. The van der Waals surface area contributed by atoms with Crippen molar-refractivity contribution in [2.75, 3.05) is 11.9 Å². The Labute approximate surface area is 114 Å². The van der Waals surface area contributed by atoms with Crippen LogP contribution in [0.1, 0.15) is 38.5 Å². The second-order valence-electron chi connectivity index (χ2n) is 5.93. The third kappa shape index (κ3) is 2.91. The zero-order chi connectivity index (χ0) is 13.2. The van der Waals surface area contributed by atoms with Gasteiger partial charge in [-0.1, -0.05) is 19.8 Å². The van der Waals surface area contributed by atoms with Crippen LogP contribution in [0.15, 0.2) is 22.6 Å². The van der Waals surface area contributed by atoms with Crippen LogP contribution in [-0.2, 0) is 0 Å². The van der Waals surface area contributed by atoms with Gasteiger partial charge in [-0.05, 0) is 42.9 Å². The van der Waals surface area contributed by atoms with Crippen LogP contribution in [0.2, 0.25) is 0 Å². The van der Waals surface area contributed by atoms with Gasteiger partial charge in [0.25, 0.3) is 0 Å². The average molecular weight is 258 g/mol. The molecule has 0 saturated heterocycles. The number of benzene rings is 1. The summed E-state index contributed by atoms with van der Waals surface area (Å²) < 4.78 is 5.49. The quantitative estimate of drug-likeness (QED) is 0.888. The summed E-state index contributed by atoms with van der Waals surface area (Å²) in [6.45, 7) is 5.33. The maximum Gasteiger partial charge on any atom is 0.192 e. The number of rotatable bonds is 3. The standard InChI is InChI=1S/C16H22N2O/c1-11-4-3-5-13(8-11)10-17-14-6-7-16-15(9-14)18-12(2)19-16/h6-7,9,11,13,17H,3-5,8,10H2,1-2H3. The van der Waals surface area contributed by atoms with Crippen LogP contribution in [0.25, 0.3) is 11.1 Å².